The fraction of sp³-hybridized carbons (Fsp3) is 0.182. The molecule has 3 atom stereocenters. The number of ether oxygens (including phenoxy) is 2. The van der Waals surface area contributed by atoms with Crippen LogP contribution in [0.5, 0.6) is 40.2 Å². The summed E-state index contributed by atoms with van der Waals surface area (Å²) in [5, 5.41) is 62.0. The number of nitrogens with zero attached hydrogens (tertiary/aromatic N) is 1. The first-order valence-corrected chi connectivity index (χ1v) is 9.60. The van der Waals surface area contributed by atoms with Crippen LogP contribution in [0.1, 0.15) is 29.5 Å². The molecular weight excluding hydrogens is 422 g/mol. The van der Waals surface area contributed by atoms with Gasteiger partial charge in [0.05, 0.1) is 4.92 Å². The lowest BCUT2D eigenvalue weighted by Gasteiger charge is -2.50. The van der Waals surface area contributed by atoms with Gasteiger partial charge in [0.2, 0.25) is 0 Å². The SMILES string of the molecule is CC1C2c3cc([N+](=O)[O-])ccc3OC1(c1cc(O)c(O)c(O)c1)Oc1cc(O)cc(O)c12. The lowest BCUT2D eigenvalue weighted by molar-refractivity contribution is -0.385. The van der Waals surface area contributed by atoms with E-state index in [0.717, 1.165) is 6.07 Å². The molecule has 3 aromatic carbocycles. The zero-order chi connectivity index (χ0) is 22.9. The molecule has 0 spiro atoms. The van der Waals surface area contributed by atoms with Gasteiger partial charge in [0.25, 0.3) is 11.5 Å². The predicted molar refractivity (Wildman–Crippen MR) is 108 cm³/mol. The van der Waals surface area contributed by atoms with Crippen LogP contribution in [0.2, 0.25) is 0 Å². The van der Waals surface area contributed by atoms with E-state index in [1.807, 2.05) is 0 Å². The van der Waals surface area contributed by atoms with Crippen LogP contribution >= 0.6 is 0 Å². The lowest BCUT2D eigenvalue weighted by Crippen LogP contribution is -2.53. The summed E-state index contributed by atoms with van der Waals surface area (Å²) >= 11 is 0. The number of hydrogen-bond acceptors (Lipinski definition) is 9. The second-order valence-corrected chi connectivity index (χ2v) is 7.86. The molecule has 2 bridgehead atoms. The normalized spacial score (nSPS) is 22.8. The first-order valence-electron chi connectivity index (χ1n) is 9.60. The summed E-state index contributed by atoms with van der Waals surface area (Å²) in [6.45, 7) is 1.72. The molecule has 10 heteroatoms. The summed E-state index contributed by atoms with van der Waals surface area (Å²) in [5.41, 5.74) is 0.724. The van der Waals surface area contributed by atoms with Gasteiger partial charge < -0.3 is 35.0 Å². The topological polar surface area (TPSA) is 163 Å². The number of aromatic hydroxyl groups is 5. The Hall–Kier alpha value is -4.34. The largest absolute Gasteiger partial charge is 0.508 e. The number of phenolic OH excluding ortho intramolecular Hbond substituents is 5. The van der Waals surface area contributed by atoms with Crippen molar-refractivity contribution >= 4 is 5.69 Å². The molecule has 0 aromatic heterocycles. The number of hydrogen-bond donors (Lipinski definition) is 5. The summed E-state index contributed by atoms with van der Waals surface area (Å²) in [6, 6.07) is 8.79. The average Bonchev–Trinajstić information content (AvgIpc) is 2.71. The molecule has 5 rings (SSSR count). The van der Waals surface area contributed by atoms with Gasteiger partial charge >= 0.3 is 0 Å². The van der Waals surface area contributed by atoms with Crippen LogP contribution in [0.15, 0.2) is 42.5 Å². The molecule has 0 fully saturated rings. The van der Waals surface area contributed by atoms with Crippen molar-refractivity contribution < 1.29 is 39.9 Å². The Kier molecular flexibility index (Phi) is 3.88. The molecule has 5 N–H and O–H groups in total. The Morgan fingerprint density at radius 1 is 0.906 bits per heavy atom. The minimum atomic E-state index is -1.66. The first kappa shape index (κ1) is 19.6. The van der Waals surface area contributed by atoms with E-state index in [4.69, 9.17) is 9.47 Å². The van der Waals surface area contributed by atoms with Crippen LogP contribution in [-0.2, 0) is 5.79 Å². The molecule has 0 saturated heterocycles. The van der Waals surface area contributed by atoms with Gasteiger partial charge in [-0.2, -0.15) is 0 Å². The standard InChI is InChI=1S/C22H17NO9/c1-9-19-13-6-11(23(29)30)2-3-17(13)31-22(9,10-4-15(26)21(28)16(27)5-10)32-18-8-12(24)7-14(25)20(18)19/h2-9,19,24-28H,1H3. The molecule has 164 valence electrons. The van der Waals surface area contributed by atoms with Crippen molar-refractivity contribution in [3.05, 3.63) is 69.3 Å². The minimum Gasteiger partial charge on any atom is -0.508 e. The van der Waals surface area contributed by atoms with Crippen LogP contribution in [-0.4, -0.2) is 30.5 Å². The molecule has 2 aliphatic rings. The third-order valence-electron chi connectivity index (χ3n) is 6.05. The summed E-state index contributed by atoms with van der Waals surface area (Å²) in [5.74, 6) is -5.13. The third-order valence-corrected chi connectivity index (χ3v) is 6.05. The fourth-order valence-corrected chi connectivity index (χ4v) is 4.59. The average molecular weight is 439 g/mol. The maximum Gasteiger partial charge on any atom is 0.281 e. The molecule has 2 aliphatic heterocycles. The Morgan fingerprint density at radius 2 is 1.56 bits per heavy atom. The zero-order valence-electron chi connectivity index (χ0n) is 16.5. The van der Waals surface area contributed by atoms with Gasteiger partial charge in [-0.25, -0.2) is 0 Å². The molecule has 0 saturated carbocycles. The van der Waals surface area contributed by atoms with Crippen molar-refractivity contribution in [1.29, 1.82) is 0 Å². The Balaban J connectivity index is 1.83. The van der Waals surface area contributed by atoms with Crippen molar-refractivity contribution in [2.24, 2.45) is 5.92 Å². The van der Waals surface area contributed by atoms with Gasteiger partial charge in [0.1, 0.15) is 23.0 Å². The van der Waals surface area contributed by atoms with Crippen LogP contribution < -0.4 is 9.47 Å². The highest BCUT2D eigenvalue weighted by Gasteiger charge is 2.57. The van der Waals surface area contributed by atoms with Crippen LogP contribution in [0.3, 0.4) is 0 Å². The van der Waals surface area contributed by atoms with E-state index >= 15 is 0 Å². The van der Waals surface area contributed by atoms with Gasteiger partial charge in [-0.1, -0.05) is 6.92 Å². The van der Waals surface area contributed by atoms with Crippen molar-refractivity contribution in [3.8, 4) is 40.2 Å². The highest BCUT2D eigenvalue weighted by atomic mass is 16.7. The molecule has 10 nitrogen and oxygen atoms in total. The minimum absolute atomic E-state index is 0.0646. The highest BCUT2D eigenvalue weighted by Crippen LogP contribution is 2.61. The van der Waals surface area contributed by atoms with E-state index in [-0.39, 0.29) is 34.2 Å². The lowest BCUT2D eigenvalue weighted by atomic mass is 9.70. The second-order valence-electron chi connectivity index (χ2n) is 7.86. The zero-order valence-corrected chi connectivity index (χ0v) is 16.5. The molecule has 0 aliphatic carbocycles. The van der Waals surface area contributed by atoms with Crippen LogP contribution in [0.25, 0.3) is 0 Å². The maximum absolute atomic E-state index is 11.4. The van der Waals surface area contributed by atoms with Crippen LogP contribution in [0, 0.1) is 16.0 Å². The van der Waals surface area contributed by atoms with E-state index < -0.39 is 39.8 Å². The molecule has 3 unspecified atom stereocenters. The quantitative estimate of drug-likeness (QED) is 0.228. The number of phenols is 5. The van der Waals surface area contributed by atoms with E-state index in [2.05, 4.69) is 0 Å². The number of non-ortho nitro benzene ring substituents is 1. The Bertz CT molecular complexity index is 1280. The van der Waals surface area contributed by atoms with Gasteiger partial charge in [0, 0.05) is 52.8 Å². The number of fused-ring (bicyclic) bond motifs is 6. The molecule has 3 aromatic rings. The van der Waals surface area contributed by atoms with Gasteiger partial charge in [-0.05, 0) is 18.2 Å². The summed E-state index contributed by atoms with van der Waals surface area (Å²) in [4.78, 5) is 10.8. The molecular formula is C22H17NO9. The van der Waals surface area contributed by atoms with Gasteiger partial charge in [-0.15, -0.1) is 0 Å². The molecule has 0 amide bonds. The monoisotopic (exact) mass is 439 g/mol. The van der Waals surface area contributed by atoms with E-state index in [1.54, 1.807) is 6.92 Å². The first-order chi connectivity index (χ1) is 15.1. The van der Waals surface area contributed by atoms with Crippen molar-refractivity contribution in [2.45, 2.75) is 18.6 Å². The predicted octanol–water partition coefficient (Wildman–Crippen LogP) is 3.53. The molecule has 32 heavy (non-hydrogen) atoms. The third kappa shape index (κ3) is 2.52. The Morgan fingerprint density at radius 3 is 2.22 bits per heavy atom. The maximum atomic E-state index is 11.4. The smallest absolute Gasteiger partial charge is 0.281 e. The number of nitro groups is 1. The molecule has 0 radical (unpaired) electrons. The van der Waals surface area contributed by atoms with Gasteiger partial charge in [-0.3, -0.25) is 10.1 Å². The summed E-state index contributed by atoms with van der Waals surface area (Å²) in [6.07, 6.45) is 0. The number of benzene rings is 3. The second kappa shape index (κ2) is 6.33. The number of nitro benzene ring substituents is 1. The van der Waals surface area contributed by atoms with Crippen molar-refractivity contribution in [2.75, 3.05) is 0 Å². The van der Waals surface area contributed by atoms with Crippen molar-refractivity contribution in [3.63, 3.8) is 0 Å². The van der Waals surface area contributed by atoms with Gasteiger partial charge in [0.15, 0.2) is 17.2 Å². The van der Waals surface area contributed by atoms with E-state index in [1.165, 1.54) is 36.4 Å². The van der Waals surface area contributed by atoms with E-state index in [0.29, 0.717) is 11.1 Å². The van der Waals surface area contributed by atoms with E-state index in [9.17, 15) is 35.6 Å². The number of rotatable bonds is 2. The van der Waals surface area contributed by atoms with Crippen LogP contribution in [0.4, 0.5) is 5.69 Å². The Labute approximate surface area is 180 Å². The van der Waals surface area contributed by atoms with Crippen molar-refractivity contribution in [1.82, 2.24) is 0 Å². The fourth-order valence-electron chi connectivity index (χ4n) is 4.59. The highest BCUT2D eigenvalue weighted by molar-refractivity contribution is 5.62. The molecule has 2 heterocycles. The summed E-state index contributed by atoms with van der Waals surface area (Å²) in [7, 11) is 0. The summed E-state index contributed by atoms with van der Waals surface area (Å²) < 4.78 is 12.4.